The third-order valence-electron chi connectivity index (χ3n) is 3.96. The quantitative estimate of drug-likeness (QED) is 0.484. The number of pyridine rings is 1. The van der Waals surface area contributed by atoms with Crippen LogP contribution in [0.25, 0.3) is 28.2 Å². The average molecular weight is 436 g/mol. The molecule has 0 bridgehead atoms. The fraction of sp³-hybridized carbons (Fsp3) is 0.211. The molecule has 0 amide bonds. The van der Waals surface area contributed by atoms with Gasteiger partial charge in [0.05, 0.1) is 6.26 Å². The fourth-order valence-electron chi connectivity index (χ4n) is 2.76. The van der Waals surface area contributed by atoms with E-state index in [-0.39, 0.29) is 17.2 Å². The minimum absolute atomic E-state index is 0.0525. The lowest BCUT2D eigenvalue weighted by atomic mass is 10.1. The number of hydrogen-bond donors (Lipinski definition) is 1. The van der Waals surface area contributed by atoms with Crippen molar-refractivity contribution < 1.29 is 26.2 Å². The van der Waals surface area contributed by atoms with Gasteiger partial charge in [-0.25, -0.2) is 13.8 Å². The highest BCUT2D eigenvalue weighted by atomic mass is 32.2. The maximum atomic E-state index is 14.1. The van der Waals surface area contributed by atoms with Gasteiger partial charge in [0, 0.05) is 23.2 Å². The molecule has 0 atom stereocenters. The summed E-state index contributed by atoms with van der Waals surface area (Å²) in [5, 5.41) is 8.31. The van der Waals surface area contributed by atoms with Crippen molar-refractivity contribution in [2.45, 2.75) is 19.8 Å². The molecule has 3 heterocycles. The highest BCUT2D eigenvalue weighted by molar-refractivity contribution is 7.85. The van der Waals surface area contributed by atoms with E-state index in [4.69, 9.17) is 8.97 Å². The summed E-state index contributed by atoms with van der Waals surface area (Å²) in [7, 11) is -3.67. The van der Waals surface area contributed by atoms with Gasteiger partial charge >= 0.3 is 0 Å². The summed E-state index contributed by atoms with van der Waals surface area (Å²) in [5.74, 6) is 0.233. The number of fused-ring (bicyclic) bond motifs is 1. The van der Waals surface area contributed by atoms with E-state index in [1.165, 1.54) is 6.39 Å². The third kappa shape index (κ3) is 4.86. The topological polar surface area (TPSA) is 111 Å². The Balaban J connectivity index is 0.000000461. The Kier molecular flexibility index (Phi) is 5.94. The van der Waals surface area contributed by atoms with Crippen LogP contribution in [0.3, 0.4) is 0 Å². The average Bonchev–Trinajstić information content (AvgIpc) is 3.28. The molecule has 1 N–H and O–H groups in total. The van der Waals surface area contributed by atoms with Gasteiger partial charge in [0.2, 0.25) is 0 Å². The van der Waals surface area contributed by atoms with Gasteiger partial charge in [0.25, 0.3) is 10.1 Å². The molecule has 0 fully saturated rings. The first-order chi connectivity index (χ1) is 14.0. The summed E-state index contributed by atoms with van der Waals surface area (Å²) in [6, 6.07) is 6.82. The van der Waals surface area contributed by atoms with E-state index < -0.39 is 21.8 Å². The number of oxazole rings is 1. The zero-order valence-corrected chi connectivity index (χ0v) is 17.1. The zero-order valence-electron chi connectivity index (χ0n) is 16.2. The van der Waals surface area contributed by atoms with Gasteiger partial charge in [-0.3, -0.25) is 8.95 Å². The molecule has 0 aliphatic heterocycles. The predicted octanol–water partition coefficient (Wildman–Crippen LogP) is 3.96. The molecule has 4 rings (SSSR count). The normalized spacial score (nSPS) is 11.6. The molecule has 0 unspecified atom stereocenters. The lowest BCUT2D eigenvalue weighted by Crippen LogP contribution is -1.97. The van der Waals surface area contributed by atoms with Crippen molar-refractivity contribution in [3.05, 3.63) is 60.4 Å². The van der Waals surface area contributed by atoms with Gasteiger partial charge in [-0.1, -0.05) is 13.8 Å². The first-order valence-electron chi connectivity index (χ1n) is 8.71. The summed E-state index contributed by atoms with van der Waals surface area (Å²) in [6.07, 6.45) is 3.74. The van der Waals surface area contributed by atoms with E-state index >= 15 is 0 Å². The van der Waals surface area contributed by atoms with Gasteiger partial charge in [0.1, 0.15) is 23.2 Å². The number of hydrogen-bond acceptors (Lipinski definition) is 6. The molecule has 30 heavy (non-hydrogen) atoms. The number of rotatable bonds is 3. The second kappa shape index (κ2) is 8.28. The van der Waals surface area contributed by atoms with Crippen molar-refractivity contribution in [3.8, 4) is 22.6 Å². The Morgan fingerprint density at radius 1 is 1.13 bits per heavy atom. The highest BCUT2D eigenvalue weighted by Crippen LogP contribution is 2.33. The molecule has 8 nitrogen and oxygen atoms in total. The molecule has 11 heteroatoms. The van der Waals surface area contributed by atoms with E-state index in [1.54, 1.807) is 12.1 Å². The first-order valence-corrected chi connectivity index (χ1v) is 10.6. The lowest BCUT2D eigenvalue weighted by Gasteiger charge is -2.06. The summed E-state index contributed by atoms with van der Waals surface area (Å²) >= 11 is 0. The molecule has 3 aromatic heterocycles. The van der Waals surface area contributed by atoms with Crippen molar-refractivity contribution in [1.82, 2.24) is 19.6 Å². The highest BCUT2D eigenvalue weighted by Gasteiger charge is 2.18. The lowest BCUT2D eigenvalue weighted by molar-refractivity contribution is 0.490. The summed E-state index contributed by atoms with van der Waals surface area (Å²) in [4.78, 5) is 4.08. The molecule has 0 radical (unpaired) electrons. The minimum Gasteiger partial charge on any atom is -0.443 e. The van der Waals surface area contributed by atoms with Gasteiger partial charge in [-0.05, 0) is 30.3 Å². The SMILES string of the molecule is CC(C)c1nnc2ccc(-c3ocnc3-c3cc(F)ccc3F)cn12.CS(=O)(=O)O. The molecule has 0 saturated carbocycles. The smallest absolute Gasteiger partial charge is 0.261 e. The van der Waals surface area contributed by atoms with E-state index in [0.717, 1.165) is 24.0 Å². The van der Waals surface area contributed by atoms with Crippen molar-refractivity contribution in [2.75, 3.05) is 6.26 Å². The maximum absolute atomic E-state index is 14.1. The largest absolute Gasteiger partial charge is 0.443 e. The minimum atomic E-state index is -3.67. The second-order valence-electron chi connectivity index (χ2n) is 6.75. The summed E-state index contributed by atoms with van der Waals surface area (Å²) in [6.45, 7) is 4.04. The summed E-state index contributed by atoms with van der Waals surface area (Å²) in [5.41, 5.74) is 1.67. The Labute approximate surface area is 171 Å². The molecular formula is C19H18F2N4O4S. The Morgan fingerprint density at radius 3 is 2.50 bits per heavy atom. The van der Waals surface area contributed by atoms with Crippen molar-refractivity contribution in [1.29, 1.82) is 0 Å². The van der Waals surface area contributed by atoms with Gasteiger partial charge < -0.3 is 4.42 Å². The van der Waals surface area contributed by atoms with Crippen LogP contribution in [0.1, 0.15) is 25.6 Å². The molecule has 1 aromatic carbocycles. The Hall–Kier alpha value is -3.18. The van der Waals surface area contributed by atoms with Crippen LogP contribution >= 0.6 is 0 Å². The fourth-order valence-corrected chi connectivity index (χ4v) is 2.76. The van der Waals surface area contributed by atoms with Crippen molar-refractivity contribution >= 4 is 15.8 Å². The molecular weight excluding hydrogens is 418 g/mol. The molecule has 158 valence electrons. The molecule has 0 spiro atoms. The van der Waals surface area contributed by atoms with E-state index in [0.29, 0.717) is 23.2 Å². The first kappa shape index (κ1) is 21.5. The van der Waals surface area contributed by atoms with Crippen LogP contribution in [0, 0.1) is 11.6 Å². The van der Waals surface area contributed by atoms with Crippen molar-refractivity contribution in [3.63, 3.8) is 0 Å². The van der Waals surface area contributed by atoms with Gasteiger partial charge in [-0.2, -0.15) is 8.42 Å². The van der Waals surface area contributed by atoms with Crippen LogP contribution < -0.4 is 0 Å². The van der Waals surface area contributed by atoms with Crippen LogP contribution in [0.15, 0.2) is 47.3 Å². The Morgan fingerprint density at radius 2 is 1.83 bits per heavy atom. The number of aromatic nitrogens is 4. The molecule has 4 aromatic rings. The molecule has 0 aliphatic rings. The maximum Gasteiger partial charge on any atom is 0.261 e. The third-order valence-corrected chi connectivity index (χ3v) is 3.96. The number of halogens is 2. The molecule has 0 saturated heterocycles. The van der Waals surface area contributed by atoms with E-state index in [2.05, 4.69) is 15.2 Å². The number of benzene rings is 1. The van der Waals surface area contributed by atoms with E-state index in [1.807, 2.05) is 24.4 Å². The van der Waals surface area contributed by atoms with Crippen molar-refractivity contribution in [2.24, 2.45) is 0 Å². The van der Waals surface area contributed by atoms with Gasteiger partial charge in [0.15, 0.2) is 17.8 Å². The molecule has 0 aliphatic carbocycles. The summed E-state index contributed by atoms with van der Waals surface area (Å²) < 4.78 is 60.9. The predicted molar refractivity (Wildman–Crippen MR) is 105 cm³/mol. The van der Waals surface area contributed by atoms with Crippen LogP contribution in [0.5, 0.6) is 0 Å². The monoisotopic (exact) mass is 436 g/mol. The van der Waals surface area contributed by atoms with E-state index in [9.17, 15) is 17.2 Å². The Bertz CT molecular complexity index is 1290. The second-order valence-corrected chi connectivity index (χ2v) is 8.21. The van der Waals surface area contributed by atoms with Crippen LogP contribution in [0.2, 0.25) is 0 Å². The zero-order chi connectivity index (χ0) is 22.1. The van der Waals surface area contributed by atoms with Gasteiger partial charge in [-0.15, -0.1) is 10.2 Å². The van der Waals surface area contributed by atoms with Crippen LogP contribution in [0.4, 0.5) is 8.78 Å². The standard InChI is InChI=1S/C18H14F2N4O.CH4O3S/c1-10(2)18-23-22-15-6-3-11(8-24(15)18)17-16(21-9-25-17)13-7-12(19)4-5-14(13)20;1-5(2,3)4/h3-10H,1-2H3;1H3,(H,2,3,4). The number of nitrogens with zero attached hydrogens (tertiary/aromatic N) is 4. The van der Waals surface area contributed by atoms with Crippen LogP contribution in [-0.2, 0) is 10.1 Å². The van der Waals surface area contributed by atoms with Crippen LogP contribution in [-0.4, -0.2) is 38.8 Å².